The first-order valence-corrected chi connectivity index (χ1v) is 12.9. The Bertz CT molecular complexity index is 1230. The molecule has 1 unspecified atom stereocenters. The lowest BCUT2D eigenvalue weighted by atomic mass is 9.98. The van der Waals surface area contributed by atoms with Crippen LogP contribution in [0.25, 0.3) is 0 Å². The maximum atomic E-state index is 14.2. The quantitative estimate of drug-likeness (QED) is 0.509. The summed E-state index contributed by atoms with van der Waals surface area (Å²) in [4.78, 5) is 1.94. The van der Waals surface area contributed by atoms with Crippen molar-refractivity contribution in [2.45, 2.75) is 24.6 Å². The second kappa shape index (κ2) is 9.21. The molecule has 2 heterocycles. The molecule has 1 atom stereocenters. The number of halogens is 6. The molecule has 2 aliphatic rings. The molecule has 190 valence electrons. The van der Waals surface area contributed by atoms with Crippen molar-refractivity contribution in [3.8, 4) is 0 Å². The molecule has 6 nitrogen and oxygen atoms in total. The Kier molecular flexibility index (Phi) is 6.75. The van der Waals surface area contributed by atoms with Gasteiger partial charge in [0.15, 0.2) is 0 Å². The molecule has 1 fully saturated rings. The number of rotatable bonds is 5. The first-order valence-electron chi connectivity index (χ1n) is 10.7. The highest BCUT2D eigenvalue weighted by atomic mass is 35.5. The fourth-order valence-electron chi connectivity index (χ4n) is 4.19. The van der Waals surface area contributed by atoms with Gasteiger partial charge in [0.25, 0.3) is 0 Å². The van der Waals surface area contributed by atoms with Crippen LogP contribution in [0, 0.1) is 0 Å². The topological polar surface area (TPSA) is 56.2 Å². The molecule has 0 saturated carbocycles. The van der Waals surface area contributed by atoms with E-state index in [-0.39, 0.29) is 23.8 Å². The smallest absolute Gasteiger partial charge is 0.369 e. The van der Waals surface area contributed by atoms with Crippen molar-refractivity contribution >= 4 is 38.7 Å². The SMILES string of the molecule is CS(=O)(=O)N1CCN(c2cccc(C3CC(C(F)(F)C(F)(F)F)=NN3c3ccccc3Cl)c2)CC1. The predicted molar refractivity (Wildman–Crippen MR) is 125 cm³/mol. The number of sulfonamides is 1. The van der Waals surface area contributed by atoms with Crippen LogP contribution in [-0.4, -0.2) is 63.0 Å². The van der Waals surface area contributed by atoms with Crippen molar-refractivity contribution in [3.05, 3.63) is 59.1 Å². The second-order valence-electron chi connectivity index (χ2n) is 8.38. The fraction of sp³-hybridized carbons (Fsp3) is 0.409. The van der Waals surface area contributed by atoms with E-state index < -0.39 is 40.3 Å². The number of alkyl halides is 5. The number of piperazine rings is 1. The standard InChI is InChI=1S/C22H22ClF5N4O2S/c1-35(33,34)31-11-9-30(10-12-31)16-6-4-5-15(13-16)19-14-20(21(24,25)22(26,27)28)29-32(19)18-8-3-2-7-17(18)23/h2-8,13,19H,9-12,14H2,1H3. The first-order chi connectivity index (χ1) is 16.3. The van der Waals surface area contributed by atoms with Gasteiger partial charge < -0.3 is 4.90 Å². The van der Waals surface area contributed by atoms with E-state index in [2.05, 4.69) is 5.10 Å². The Hall–Kier alpha value is -2.44. The number of hydrazone groups is 1. The molecule has 4 rings (SSSR count). The van der Waals surface area contributed by atoms with E-state index >= 15 is 0 Å². The number of hydrogen-bond donors (Lipinski definition) is 0. The van der Waals surface area contributed by atoms with Crippen LogP contribution < -0.4 is 9.91 Å². The zero-order valence-corrected chi connectivity index (χ0v) is 20.1. The van der Waals surface area contributed by atoms with E-state index in [1.165, 1.54) is 16.4 Å². The average Bonchev–Trinajstić information content (AvgIpc) is 3.24. The molecular weight excluding hydrogens is 515 g/mol. The summed E-state index contributed by atoms with van der Waals surface area (Å²) < 4.78 is 92.7. The van der Waals surface area contributed by atoms with Gasteiger partial charge in [0.05, 0.1) is 23.0 Å². The summed E-state index contributed by atoms with van der Waals surface area (Å²) in [6, 6.07) is 12.1. The maximum absolute atomic E-state index is 14.2. The molecule has 2 aliphatic heterocycles. The van der Waals surface area contributed by atoms with Gasteiger partial charge in [-0.2, -0.15) is 31.4 Å². The third-order valence-electron chi connectivity index (χ3n) is 6.06. The van der Waals surface area contributed by atoms with Crippen LogP contribution in [0.4, 0.5) is 33.3 Å². The van der Waals surface area contributed by atoms with E-state index in [0.717, 1.165) is 11.3 Å². The van der Waals surface area contributed by atoms with E-state index in [1.807, 2.05) is 4.90 Å². The van der Waals surface area contributed by atoms with Gasteiger partial charge in [0.2, 0.25) is 10.0 Å². The van der Waals surface area contributed by atoms with E-state index in [0.29, 0.717) is 24.3 Å². The monoisotopic (exact) mass is 536 g/mol. The van der Waals surface area contributed by atoms with E-state index in [9.17, 15) is 30.4 Å². The Balaban J connectivity index is 1.66. The molecule has 0 spiro atoms. The number of benzene rings is 2. The molecule has 1 saturated heterocycles. The van der Waals surface area contributed by atoms with Gasteiger partial charge in [-0.1, -0.05) is 35.9 Å². The number of hydrogen-bond acceptors (Lipinski definition) is 5. The van der Waals surface area contributed by atoms with Crippen molar-refractivity contribution in [1.29, 1.82) is 0 Å². The van der Waals surface area contributed by atoms with Crippen LogP contribution in [0.1, 0.15) is 18.0 Å². The minimum Gasteiger partial charge on any atom is -0.369 e. The molecule has 2 aromatic rings. The molecule has 0 amide bonds. The summed E-state index contributed by atoms with van der Waals surface area (Å²) in [6.45, 7) is 1.37. The molecule has 0 aliphatic carbocycles. The molecule has 0 N–H and O–H groups in total. The highest BCUT2D eigenvalue weighted by Crippen LogP contribution is 2.46. The lowest BCUT2D eigenvalue weighted by molar-refractivity contribution is -0.249. The predicted octanol–water partition coefficient (Wildman–Crippen LogP) is 4.93. The van der Waals surface area contributed by atoms with Crippen molar-refractivity contribution in [2.75, 3.05) is 42.3 Å². The van der Waals surface area contributed by atoms with Crippen LogP contribution in [0.2, 0.25) is 5.02 Å². The van der Waals surface area contributed by atoms with Crippen molar-refractivity contribution in [3.63, 3.8) is 0 Å². The van der Waals surface area contributed by atoms with Gasteiger partial charge in [-0.25, -0.2) is 8.42 Å². The lowest BCUT2D eigenvalue weighted by Crippen LogP contribution is -2.48. The maximum Gasteiger partial charge on any atom is 0.459 e. The van der Waals surface area contributed by atoms with Crippen LogP contribution in [0.3, 0.4) is 0 Å². The second-order valence-corrected chi connectivity index (χ2v) is 10.8. The lowest BCUT2D eigenvalue weighted by Gasteiger charge is -2.35. The van der Waals surface area contributed by atoms with Crippen LogP contribution in [0.5, 0.6) is 0 Å². The summed E-state index contributed by atoms with van der Waals surface area (Å²) in [5, 5.41) is 4.97. The Morgan fingerprint density at radius 1 is 0.971 bits per heavy atom. The minimum absolute atomic E-state index is 0.158. The van der Waals surface area contributed by atoms with Gasteiger partial charge in [0, 0.05) is 38.3 Å². The Labute approximate surface area is 204 Å². The highest BCUT2D eigenvalue weighted by Gasteiger charge is 2.62. The number of para-hydroxylation sites is 1. The van der Waals surface area contributed by atoms with Gasteiger partial charge in [-0.3, -0.25) is 5.01 Å². The van der Waals surface area contributed by atoms with Crippen molar-refractivity contribution in [1.82, 2.24) is 4.31 Å². The molecule has 0 aromatic heterocycles. The molecular formula is C22H22ClF5N4O2S. The van der Waals surface area contributed by atoms with Crippen molar-refractivity contribution < 1.29 is 30.4 Å². The fourth-order valence-corrected chi connectivity index (χ4v) is 5.24. The zero-order valence-electron chi connectivity index (χ0n) is 18.5. The average molecular weight is 537 g/mol. The first kappa shape index (κ1) is 25.6. The highest BCUT2D eigenvalue weighted by molar-refractivity contribution is 7.88. The number of nitrogens with zero attached hydrogens (tertiary/aromatic N) is 4. The summed E-state index contributed by atoms with van der Waals surface area (Å²) in [6.07, 6.45) is -5.29. The summed E-state index contributed by atoms with van der Waals surface area (Å²) in [7, 11) is -3.32. The summed E-state index contributed by atoms with van der Waals surface area (Å²) >= 11 is 6.23. The largest absolute Gasteiger partial charge is 0.459 e. The van der Waals surface area contributed by atoms with Crippen LogP contribution >= 0.6 is 11.6 Å². The third kappa shape index (κ3) is 5.10. The van der Waals surface area contributed by atoms with Gasteiger partial charge in [-0.05, 0) is 29.8 Å². The van der Waals surface area contributed by atoms with Crippen LogP contribution in [0.15, 0.2) is 53.6 Å². The van der Waals surface area contributed by atoms with Gasteiger partial charge >= 0.3 is 12.1 Å². The third-order valence-corrected chi connectivity index (χ3v) is 7.68. The van der Waals surface area contributed by atoms with Gasteiger partial charge in [0.1, 0.15) is 5.71 Å². The molecule has 35 heavy (non-hydrogen) atoms. The zero-order chi connectivity index (χ0) is 25.6. The van der Waals surface area contributed by atoms with Crippen LogP contribution in [-0.2, 0) is 10.0 Å². The normalized spacial score (nSPS) is 20.3. The van der Waals surface area contributed by atoms with E-state index in [4.69, 9.17) is 11.6 Å². The van der Waals surface area contributed by atoms with E-state index in [1.54, 1.807) is 36.4 Å². The molecule has 13 heteroatoms. The summed E-state index contributed by atoms with van der Waals surface area (Å²) in [5.41, 5.74) is 0.0943. The molecule has 0 bridgehead atoms. The molecule has 2 aromatic carbocycles. The molecule has 0 radical (unpaired) electrons. The summed E-state index contributed by atoms with van der Waals surface area (Å²) in [5.74, 6) is -5.10. The Morgan fingerprint density at radius 3 is 2.23 bits per heavy atom. The van der Waals surface area contributed by atoms with Crippen molar-refractivity contribution in [2.24, 2.45) is 5.10 Å². The number of anilines is 2. The minimum atomic E-state index is -5.78. The van der Waals surface area contributed by atoms with Gasteiger partial charge in [-0.15, -0.1) is 0 Å². The Morgan fingerprint density at radius 2 is 1.63 bits per heavy atom.